The first-order chi connectivity index (χ1) is 9.31. The Kier molecular flexibility index (Phi) is 3.30. The van der Waals surface area contributed by atoms with Crippen molar-refractivity contribution in [2.24, 2.45) is 7.05 Å². The van der Waals surface area contributed by atoms with E-state index in [1.54, 1.807) is 0 Å². The molecule has 0 aliphatic heterocycles. The fourth-order valence-electron chi connectivity index (χ4n) is 2.42. The number of imidazole rings is 1. The number of hydrogen-bond acceptors (Lipinski definition) is 2. The maximum atomic E-state index is 4.80. The van der Waals surface area contributed by atoms with Crippen LogP contribution in [0, 0.1) is 0 Å². The molecule has 1 unspecified atom stereocenters. The smallest absolute Gasteiger partial charge is 0.127 e. The lowest BCUT2D eigenvalue weighted by Crippen LogP contribution is -2.04. The SMILES string of the molecule is CSC(c1ccccc1)c1nc2ccccc2n1C. The van der Waals surface area contributed by atoms with Crippen LogP contribution >= 0.6 is 11.8 Å². The molecule has 3 heteroatoms. The maximum absolute atomic E-state index is 4.80. The van der Waals surface area contributed by atoms with E-state index in [1.165, 1.54) is 11.1 Å². The van der Waals surface area contributed by atoms with E-state index in [9.17, 15) is 0 Å². The van der Waals surface area contributed by atoms with Crippen LogP contribution in [0.3, 0.4) is 0 Å². The van der Waals surface area contributed by atoms with Crippen LogP contribution in [-0.4, -0.2) is 15.8 Å². The van der Waals surface area contributed by atoms with E-state index in [4.69, 9.17) is 4.98 Å². The minimum absolute atomic E-state index is 0.276. The van der Waals surface area contributed by atoms with E-state index in [1.807, 2.05) is 17.8 Å². The van der Waals surface area contributed by atoms with Crippen molar-refractivity contribution in [3.8, 4) is 0 Å². The Bertz CT molecular complexity index is 688. The summed E-state index contributed by atoms with van der Waals surface area (Å²) in [6, 6.07) is 18.8. The van der Waals surface area contributed by atoms with Gasteiger partial charge in [0.2, 0.25) is 0 Å². The van der Waals surface area contributed by atoms with E-state index in [0.29, 0.717) is 0 Å². The molecular formula is C16H16N2S. The molecule has 0 saturated heterocycles. The number of fused-ring (bicyclic) bond motifs is 1. The van der Waals surface area contributed by atoms with E-state index in [-0.39, 0.29) is 5.25 Å². The lowest BCUT2D eigenvalue weighted by atomic mass is 10.1. The van der Waals surface area contributed by atoms with Crippen LogP contribution in [0.2, 0.25) is 0 Å². The Balaban J connectivity index is 2.14. The summed E-state index contributed by atoms with van der Waals surface area (Å²) in [7, 11) is 2.09. The number of benzene rings is 2. The molecule has 0 N–H and O–H groups in total. The molecule has 0 radical (unpaired) electrons. The van der Waals surface area contributed by atoms with Gasteiger partial charge < -0.3 is 4.57 Å². The highest BCUT2D eigenvalue weighted by Gasteiger charge is 2.19. The van der Waals surface area contributed by atoms with Crippen LogP contribution in [0.15, 0.2) is 54.6 Å². The van der Waals surface area contributed by atoms with Crippen LogP contribution in [0.4, 0.5) is 0 Å². The molecule has 96 valence electrons. The minimum atomic E-state index is 0.276. The van der Waals surface area contributed by atoms with Crippen molar-refractivity contribution in [3.63, 3.8) is 0 Å². The second-order valence-electron chi connectivity index (χ2n) is 4.54. The first kappa shape index (κ1) is 12.3. The van der Waals surface area contributed by atoms with Crippen molar-refractivity contribution in [1.82, 2.24) is 9.55 Å². The van der Waals surface area contributed by atoms with Crippen molar-refractivity contribution in [3.05, 3.63) is 66.0 Å². The lowest BCUT2D eigenvalue weighted by Gasteiger charge is -2.14. The van der Waals surface area contributed by atoms with E-state index in [2.05, 4.69) is 66.4 Å². The number of nitrogens with zero attached hydrogens (tertiary/aromatic N) is 2. The Labute approximate surface area is 117 Å². The fourth-order valence-corrected chi connectivity index (χ4v) is 3.27. The topological polar surface area (TPSA) is 17.8 Å². The Morgan fingerprint density at radius 3 is 2.37 bits per heavy atom. The van der Waals surface area contributed by atoms with Gasteiger partial charge in [0.15, 0.2) is 0 Å². The van der Waals surface area contributed by atoms with Crippen LogP contribution < -0.4 is 0 Å². The second-order valence-corrected chi connectivity index (χ2v) is 5.49. The molecule has 0 bridgehead atoms. The summed E-state index contributed by atoms with van der Waals surface area (Å²) in [6.07, 6.45) is 2.14. The number of thioether (sulfide) groups is 1. The zero-order chi connectivity index (χ0) is 13.2. The molecule has 0 aliphatic carbocycles. The summed E-state index contributed by atoms with van der Waals surface area (Å²) in [4.78, 5) is 4.80. The Morgan fingerprint density at radius 1 is 1.00 bits per heavy atom. The molecule has 0 spiro atoms. The van der Waals surface area contributed by atoms with Gasteiger partial charge in [-0.2, -0.15) is 0 Å². The molecule has 1 aromatic heterocycles. The molecule has 0 aliphatic rings. The zero-order valence-corrected chi connectivity index (χ0v) is 11.9. The van der Waals surface area contributed by atoms with Crippen LogP contribution in [0.1, 0.15) is 16.6 Å². The molecule has 1 heterocycles. The molecular weight excluding hydrogens is 252 g/mol. The summed E-state index contributed by atoms with van der Waals surface area (Å²) in [6.45, 7) is 0. The second kappa shape index (κ2) is 5.10. The van der Waals surface area contributed by atoms with E-state index in [0.717, 1.165) is 11.3 Å². The van der Waals surface area contributed by atoms with Gasteiger partial charge in [-0.3, -0.25) is 0 Å². The monoisotopic (exact) mass is 268 g/mol. The van der Waals surface area contributed by atoms with Gasteiger partial charge in [0.25, 0.3) is 0 Å². The quantitative estimate of drug-likeness (QED) is 0.714. The molecule has 1 atom stereocenters. The molecule has 2 nitrogen and oxygen atoms in total. The highest BCUT2D eigenvalue weighted by molar-refractivity contribution is 7.99. The molecule has 0 amide bonds. The number of aromatic nitrogens is 2. The van der Waals surface area contributed by atoms with Gasteiger partial charge in [0.1, 0.15) is 5.82 Å². The fraction of sp³-hybridized carbons (Fsp3) is 0.188. The third-order valence-electron chi connectivity index (χ3n) is 3.39. The average molecular weight is 268 g/mol. The zero-order valence-electron chi connectivity index (χ0n) is 11.1. The molecule has 0 saturated carbocycles. The maximum Gasteiger partial charge on any atom is 0.127 e. The average Bonchev–Trinajstić information content (AvgIpc) is 2.79. The number of rotatable bonds is 3. The first-order valence-corrected chi connectivity index (χ1v) is 7.59. The Morgan fingerprint density at radius 2 is 1.68 bits per heavy atom. The molecule has 0 fully saturated rings. The van der Waals surface area contributed by atoms with Crippen molar-refractivity contribution in [2.45, 2.75) is 5.25 Å². The summed E-state index contributed by atoms with van der Waals surface area (Å²) in [5, 5.41) is 0.276. The normalized spacial score (nSPS) is 12.7. The van der Waals surface area contributed by atoms with Gasteiger partial charge in [-0.15, -0.1) is 11.8 Å². The summed E-state index contributed by atoms with van der Waals surface area (Å²) < 4.78 is 2.20. The predicted molar refractivity (Wildman–Crippen MR) is 82.5 cm³/mol. The molecule has 2 aromatic carbocycles. The van der Waals surface area contributed by atoms with Gasteiger partial charge >= 0.3 is 0 Å². The van der Waals surface area contributed by atoms with Gasteiger partial charge in [0, 0.05) is 7.05 Å². The van der Waals surface area contributed by atoms with Crippen molar-refractivity contribution >= 4 is 22.8 Å². The van der Waals surface area contributed by atoms with Crippen molar-refractivity contribution in [2.75, 3.05) is 6.26 Å². The first-order valence-electron chi connectivity index (χ1n) is 6.30. The van der Waals surface area contributed by atoms with Gasteiger partial charge in [-0.05, 0) is 24.0 Å². The van der Waals surface area contributed by atoms with Gasteiger partial charge in [-0.25, -0.2) is 4.98 Å². The minimum Gasteiger partial charge on any atom is -0.330 e. The van der Waals surface area contributed by atoms with Crippen molar-refractivity contribution in [1.29, 1.82) is 0 Å². The summed E-state index contributed by atoms with van der Waals surface area (Å²) in [5.41, 5.74) is 3.55. The van der Waals surface area contributed by atoms with Crippen LogP contribution in [0.5, 0.6) is 0 Å². The lowest BCUT2D eigenvalue weighted by molar-refractivity contribution is 0.836. The molecule has 3 aromatic rings. The third kappa shape index (κ3) is 2.15. The summed E-state index contributed by atoms with van der Waals surface area (Å²) in [5.74, 6) is 1.11. The van der Waals surface area contributed by atoms with Crippen molar-refractivity contribution < 1.29 is 0 Å². The highest BCUT2D eigenvalue weighted by atomic mass is 32.2. The predicted octanol–water partition coefficient (Wildman–Crippen LogP) is 4.03. The van der Waals surface area contributed by atoms with E-state index < -0.39 is 0 Å². The number of hydrogen-bond donors (Lipinski definition) is 0. The molecule has 19 heavy (non-hydrogen) atoms. The standard InChI is InChI=1S/C16H16N2S/c1-18-14-11-7-6-10-13(14)17-16(18)15(19-2)12-8-4-3-5-9-12/h3-11,15H,1-2H3. The number of aryl methyl sites for hydroxylation is 1. The Hall–Kier alpha value is -1.74. The number of para-hydroxylation sites is 2. The van der Waals surface area contributed by atoms with Crippen LogP contribution in [0.25, 0.3) is 11.0 Å². The van der Waals surface area contributed by atoms with Gasteiger partial charge in [0.05, 0.1) is 16.3 Å². The highest BCUT2D eigenvalue weighted by Crippen LogP contribution is 2.34. The molecule has 3 rings (SSSR count). The van der Waals surface area contributed by atoms with E-state index >= 15 is 0 Å². The van der Waals surface area contributed by atoms with Gasteiger partial charge in [-0.1, -0.05) is 42.5 Å². The summed E-state index contributed by atoms with van der Waals surface area (Å²) >= 11 is 1.82. The third-order valence-corrected chi connectivity index (χ3v) is 4.35. The van der Waals surface area contributed by atoms with Crippen LogP contribution in [-0.2, 0) is 7.05 Å². The largest absolute Gasteiger partial charge is 0.330 e.